The van der Waals surface area contributed by atoms with Crippen molar-refractivity contribution in [3.8, 4) is 5.75 Å². The van der Waals surface area contributed by atoms with Crippen molar-refractivity contribution >= 4 is 8.38 Å². The zero-order valence-corrected chi connectivity index (χ0v) is 14.6. The molecule has 1 aromatic rings. The highest BCUT2D eigenvalue weighted by Gasteiger charge is 2.12. The van der Waals surface area contributed by atoms with Gasteiger partial charge in [0.05, 0.1) is 6.61 Å². The van der Waals surface area contributed by atoms with Gasteiger partial charge in [0, 0.05) is 6.16 Å². The highest BCUT2D eigenvalue weighted by atomic mass is 31.2. The number of benzene rings is 1. The summed E-state index contributed by atoms with van der Waals surface area (Å²) in [5.41, 5.74) is 0. The molecule has 0 aliphatic rings. The average molecular weight is 310 g/mol. The van der Waals surface area contributed by atoms with Gasteiger partial charge in [-0.25, -0.2) is 0 Å². The van der Waals surface area contributed by atoms with Gasteiger partial charge >= 0.3 is 0 Å². The molecular formula is C18H31O2P. The maximum Gasteiger partial charge on any atom is 0.230 e. The van der Waals surface area contributed by atoms with Crippen molar-refractivity contribution in [3.63, 3.8) is 0 Å². The minimum atomic E-state index is -0.774. The van der Waals surface area contributed by atoms with Gasteiger partial charge in [-0.2, -0.15) is 0 Å². The second kappa shape index (κ2) is 13.1. The van der Waals surface area contributed by atoms with Crippen molar-refractivity contribution in [3.05, 3.63) is 30.3 Å². The SMILES string of the molecule is CCCCCCOP(CCCCCC)Oc1ccccc1. The molecule has 0 aliphatic carbocycles. The third-order valence-corrected chi connectivity index (χ3v) is 4.94. The Labute approximate surface area is 132 Å². The largest absolute Gasteiger partial charge is 0.447 e. The molecule has 0 aliphatic heterocycles. The lowest BCUT2D eigenvalue weighted by molar-refractivity contribution is 0.301. The van der Waals surface area contributed by atoms with Crippen molar-refractivity contribution in [1.82, 2.24) is 0 Å². The fourth-order valence-electron chi connectivity index (χ4n) is 2.10. The van der Waals surface area contributed by atoms with E-state index < -0.39 is 8.38 Å². The Morgan fingerprint density at radius 3 is 2.14 bits per heavy atom. The Morgan fingerprint density at radius 2 is 1.48 bits per heavy atom. The second-order valence-electron chi connectivity index (χ2n) is 5.42. The molecule has 0 spiro atoms. The van der Waals surface area contributed by atoms with Crippen LogP contribution in [0.3, 0.4) is 0 Å². The summed E-state index contributed by atoms with van der Waals surface area (Å²) in [6.45, 7) is 5.32. The molecule has 0 fully saturated rings. The fourth-order valence-corrected chi connectivity index (χ4v) is 3.54. The molecule has 2 nitrogen and oxygen atoms in total. The summed E-state index contributed by atoms with van der Waals surface area (Å²) in [6, 6.07) is 10.1. The topological polar surface area (TPSA) is 18.5 Å². The van der Waals surface area contributed by atoms with Crippen LogP contribution in [-0.4, -0.2) is 12.8 Å². The molecular weight excluding hydrogens is 279 g/mol. The van der Waals surface area contributed by atoms with Gasteiger partial charge in [0.2, 0.25) is 8.38 Å². The van der Waals surface area contributed by atoms with Crippen LogP contribution in [0.4, 0.5) is 0 Å². The molecule has 1 unspecified atom stereocenters. The molecule has 0 saturated heterocycles. The lowest BCUT2D eigenvalue weighted by Crippen LogP contribution is -2.00. The maximum atomic E-state index is 6.04. The van der Waals surface area contributed by atoms with Crippen LogP contribution in [-0.2, 0) is 4.52 Å². The van der Waals surface area contributed by atoms with E-state index in [0.717, 1.165) is 24.9 Å². The Hall–Kier alpha value is -0.590. The third kappa shape index (κ3) is 9.87. The summed E-state index contributed by atoms with van der Waals surface area (Å²) in [5, 5.41) is 0. The summed E-state index contributed by atoms with van der Waals surface area (Å²) in [4.78, 5) is 0. The molecule has 0 aromatic heterocycles. The number of hydrogen-bond acceptors (Lipinski definition) is 2. The highest BCUT2D eigenvalue weighted by Crippen LogP contribution is 2.40. The predicted molar refractivity (Wildman–Crippen MR) is 93.1 cm³/mol. The average Bonchev–Trinajstić information content (AvgIpc) is 2.52. The fraction of sp³-hybridized carbons (Fsp3) is 0.667. The second-order valence-corrected chi connectivity index (χ2v) is 6.97. The van der Waals surface area contributed by atoms with E-state index in [4.69, 9.17) is 9.05 Å². The summed E-state index contributed by atoms with van der Waals surface area (Å²) in [6.07, 6.45) is 11.1. The lowest BCUT2D eigenvalue weighted by Gasteiger charge is -2.18. The standard InChI is InChI=1S/C18H31O2P/c1-3-5-7-12-16-19-21(17-13-8-6-4-2)20-18-14-10-9-11-15-18/h9-11,14-15H,3-8,12-13,16-17H2,1-2H3. The monoisotopic (exact) mass is 310 g/mol. The zero-order valence-electron chi connectivity index (χ0n) is 13.7. The molecule has 21 heavy (non-hydrogen) atoms. The van der Waals surface area contributed by atoms with Crippen molar-refractivity contribution in [2.24, 2.45) is 0 Å². The summed E-state index contributed by atoms with van der Waals surface area (Å²) >= 11 is 0. The first-order chi connectivity index (χ1) is 10.4. The minimum Gasteiger partial charge on any atom is -0.447 e. The zero-order chi connectivity index (χ0) is 15.2. The third-order valence-electron chi connectivity index (χ3n) is 3.38. The number of hydrogen-bond donors (Lipinski definition) is 0. The van der Waals surface area contributed by atoms with Gasteiger partial charge in [0.25, 0.3) is 0 Å². The van der Waals surface area contributed by atoms with E-state index in [0.29, 0.717) is 0 Å². The quantitative estimate of drug-likeness (QED) is 0.303. The number of unbranched alkanes of at least 4 members (excludes halogenated alkanes) is 6. The van der Waals surface area contributed by atoms with Gasteiger partial charge in [-0.05, 0) is 25.0 Å². The smallest absolute Gasteiger partial charge is 0.230 e. The van der Waals surface area contributed by atoms with Crippen LogP contribution in [0.25, 0.3) is 0 Å². The van der Waals surface area contributed by atoms with E-state index in [1.54, 1.807) is 0 Å². The normalized spacial score (nSPS) is 12.3. The molecule has 3 heteroatoms. The predicted octanol–water partition coefficient (Wildman–Crippen LogP) is 6.55. The Bertz CT molecular complexity index is 329. The molecule has 0 radical (unpaired) electrons. The summed E-state index contributed by atoms with van der Waals surface area (Å²) in [5.74, 6) is 0.938. The lowest BCUT2D eigenvalue weighted by atomic mass is 10.2. The minimum absolute atomic E-state index is 0.774. The highest BCUT2D eigenvalue weighted by molar-refractivity contribution is 7.47. The summed E-state index contributed by atoms with van der Waals surface area (Å²) in [7, 11) is -0.774. The van der Waals surface area contributed by atoms with Crippen LogP contribution in [0.15, 0.2) is 30.3 Å². The van der Waals surface area contributed by atoms with E-state index in [-0.39, 0.29) is 0 Å². The van der Waals surface area contributed by atoms with Gasteiger partial charge in [-0.1, -0.05) is 70.6 Å². The van der Waals surface area contributed by atoms with E-state index in [1.165, 1.54) is 44.9 Å². The van der Waals surface area contributed by atoms with E-state index in [9.17, 15) is 0 Å². The van der Waals surface area contributed by atoms with Crippen LogP contribution in [0.5, 0.6) is 5.75 Å². The first kappa shape index (κ1) is 18.5. The van der Waals surface area contributed by atoms with Crippen molar-refractivity contribution < 1.29 is 9.05 Å². The van der Waals surface area contributed by atoms with Crippen LogP contribution in [0.2, 0.25) is 0 Å². The van der Waals surface area contributed by atoms with Gasteiger partial charge in [0.15, 0.2) is 0 Å². The van der Waals surface area contributed by atoms with Gasteiger partial charge < -0.3 is 9.05 Å². The molecule has 1 rings (SSSR count). The Balaban J connectivity index is 2.30. The molecule has 0 saturated carbocycles. The van der Waals surface area contributed by atoms with Crippen LogP contribution in [0.1, 0.15) is 65.2 Å². The Morgan fingerprint density at radius 1 is 0.810 bits per heavy atom. The Kier molecular flexibility index (Phi) is 11.5. The van der Waals surface area contributed by atoms with Crippen molar-refractivity contribution in [2.75, 3.05) is 12.8 Å². The summed E-state index contributed by atoms with van der Waals surface area (Å²) < 4.78 is 12.1. The van der Waals surface area contributed by atoms with Gasteiger partial charge in [-0.3, -0.25) is 0 Å². The number of rotatable bonds is 13. The van der Waals surface area contributed by atoms with Crippen molar-refractivity contribution in [1.29, 1.82) is 0 Å². The molecule has 0 heterocycles. The van der Waals surface area contributed by atoms with E-state index in [1.807, 2.05) is 30.3 Å². The molecule has 1 aromatic carbocycles. The molecule has 0 bridgehead atoms. The first-order valence-corrected chi connectivity index (χ1v) is 9.86. The molecule has 1 atom stereocenters. The van der Waals surface area contributed by atoms with Crippen LogP contribution >= 0.6 is 8.38 Å². The van der Waals surface area contributed by atoms with E-state index >= 15 is 0 Å². The first-order valence-electron chi connectivity index (χ1n) is 8.50. The molecule has 120 valence electrons. The number of para-hydroxylation sites is 1. The van der Waals surface area contributed by atoms with Crippen molar-refractivity contribution in [2.45, 2.75) is 65.2 Å². The van der Waals surface area contributed by atoms with Gasteiger partial charge in [0.1, 0.15) is 5.75 Å². The maximum absolute atomic E-state index is 6.04. The van der Waals surface area contributed by atoms with Crippen LogP contribution in [0, 0.1) is 0 Å². The molecule has 0 N–H and O–H groups in total. The molecule has 0 amide bonds. The van der Waals surface area contributed by atoms with Gasteiger partial charge in [-0.15, -0.1) is 0 Å². The van der Waals surface area contributed by atoms with Crippen LogP contribution < -0.4 is 4.52 Å². The van der Waals surface area contributed by atoms with E-state index in [2.05, 4.69) is 13.8 Å².